The van der Waals surface area contributed by atoms with E-state index in [0.29, 0.717) is 11.8 Å². The first-order valence-corrected chi connectivity index (χ1v) is 6.88. The molecule has 1 rings (SSSR count). The van der Waals surface area contributed by atoms with E-state index in [9.17, 15) is 13.6 Å². The molecule has 1 aromatic rings. The number of amides is 1. The number of nitrogens with one attached hydrogen (secondary N) is 1. The number of benzene rings is 1. The van der Waals surface area contributed by atoms with Gasteiger partial charge in [0, 0.05) is 15.8 Å². The second-order valence-corrected chi connectivity index (χ2v) is 5.31. The van der Waals surface area contributed by atoms with Crippen LogP contribution in [0.15, 0.2) is 16.6 Å². The molecule has 0 aliphatic carbocycles. The van der Waals surface area contributed by atoms with Crippen LogP contribution in [0.1, 0.15) is 23.7 Å². The van der Waals surface area contributed by atoms with E-state index in [4.69, 9.17) is 0 Å². The van der Waals surface area contributed by atoms with Crippen LogP contribution >= 0.6 is 31.9 Å². The largest absolute Gasteiger partial charge is 0.349 e. The van der Waals surface area contributed by atoms with E-state index in [1.807, 2.05) is 0 Å². The number of hydrogen-bond acceptors (Lipinski definition) is 1. The quantitative estimate of drug-likeness (QED) is 0.805. The van der Waals surface area contributed by atoms with E-state index in [-0.39, 0.29) is 10.5 Å². The Kier molecular flexibility index (Phi) is 5.52. The van der Waals surface area contributed by atoms with Crippen molar-refractivity contribution in [1.29, 1.82) is 0 Å². The van der Waals surface area contributed by atoms with Crippen LogP contribution in [0.3, 0.4) is 0 Å². The first-order valence-electron chi connectivity index (χ1n) is 4.97. The molecule has 6 heteroatoms. The fourth-order valence-electron chi connectivity index (χ4n) is 1.29. The van der Waals surface area contributed by atoms with Gasteiger partial charge in [-0.3, -0.25) is 4.79 Å². The molecule has 1 atom stereocenters. The van der Waals surface area contributed by atoms with Gasteiger partial charge in [-0.15, -0.1) is 0 Å². The lowest BCUT2D eigenvalue weighted by Crippen LogP contribution is -2.34. The summed E-state index contributed by atoms with van der Waals surface area (Å²) < 4.78 is 27.2. The van der Waals surface area contributed by atoms with Gasteiger partial charge in [0.2, 0.25) is 0 Å². The summed E-state index contributed by atoms with van der Waals surface area (Å²) in [4.78, 5) is 11.7. The van der Waals surface area contributed by atoms with Crippen LogP contribution in [0.5, 0.6) is 0 Å². The SMILES string of the molecule is CC(CCBr)NC(=O)c1c(F)cc(Br)cc1F. The summed E-state index contributed by atoms with van der Waals surface area (Å²) in [5, 5.41) is 3.24. The van der Waals surface area contributed by atoms with E-state index < -0.39 is 23.1 Å². The van der Waals surface area contributed by atoms with Crippen LogP contribution in [0, 0.1) is 11.6 Å². The van der Waals surface area contributed by atoms with Crippen molar-refractivity contribution >= 4 is 37.8 Å². The van der Waals surface area contributed by atoms with Gasteiger partial charge in [0.25, 0.3) is 5.91 Å². The average Bonchev–Trinajstić information content (AvgIpc) is 2.15. The van der Waals surface area contributed by atoms with E-state index in [0.717, 1.165) is 12.1 Å². The number of carbonyl (C=O) groups excluding carboxylic acids is 1. The standard InChI is InChI=1S/C11H11Br2F2NO/c1-6(2-3-12)16-11(17)10-8(14)4-7(13)5-9(10)15/h4-6H,2-3H2,1H3,(H,16,17). The van der Waals surface area contributed by atoms with Gasteiger partial charge in [-0.2, -0.15) is 0 Å². The maximum absolute atomic E-state index is 13.5. The normalized spacial score (nSPS) is 12.3. The van der Waals surface area contributed by atoms with Crippen molar-refractivity contribution < 1.29 is 13.6 Å². The summed E-state index contributed by atoms with van der Waals surface area (Å²) in [5.41, 5.74) is -0.547. The van der Waals surface area contributed by atoms with Gasteiger partial charge in [0.15, 0.2) is 0 Å². The lowest BCUT2D eigenvalue weighted by molar-refractivity contribution is 0.0931. The van der Waals surface area contributed by atoms with Crippen molar-refractivity contribution in [2.24, 2.45) is 0 Å². The lowest BCUT2D eigenvalue weighted by Gasteiger charge is -2.13. The zero-order chi connectivity index (χ0) is 13.0. The minimum atomic E-state index is -0.875. The molecule has 0 aliphatic heterocycles. The van der Waals surface area contributed by atoms with Crippen LogP contribution in [-0.2, 0) is 0 Å². The van der Waals surface area contributed by atoms with Gasteiger partial charge in [0.1, 0.15) is 17.2 Å². The Morgan fingerprint density at radius 2 is 1.94 bits per heavy atom. The summed E-state index contributed by atoms with van der Waals surface area (Å²) in [5.74, 6) is -2.48. The van der Waals surface area contributed by atoms with Crippen molar-refractivity contribution in [3.63, 3.8) is 0 Å². The molecule has 0 saturated carbocycles. The Labute approximate surface area is 115 Å². The fraction of sp³-hybridized carbons (Fsp3) is 0.364. The molecule has 0 heterocycles. The van der Waals surface area contributed by atoms with Gasteiger partial charge in [-0.25, -0.2) is 8.78 Å². The van der Waals surface area contributed by atoms with E-state index >= 15 is 0 Å². The molecule has 94 valence electrons. The van der Waals surface area contributed by atoms with Crippen molar-refractivity contribution in [3.05, 3.63) is 33.8 Å². The average molecular weight is 371 g/mol. The predicted octanol–water partition coefficient (Wildman–Crippen LogP) is 3.63. The number of halogens is 4. The number of rotatable bonds is 4. The van der Waals surface area contributed by atoms with Gasteiger partial charge >= 0.3 is 0 Å². The van der Waals surface area contributed by atoms with Crippen molar-refractivity contribution in [1.82, 2.24) is 5.32 Å². The molecule has 0 saturated heterocycles. The van der Waals surface area contributed by atoms with Crippen LogP contribution in [0.25, 0.3) is 0 Å². The first kappa shape index (κ1) is 14.6. The topological polar surface area (TPSA) is 29.1 Å². The third kappa shape index (κ3) is 4.03. The molecule has 1 unspecified atom stereocenters. The van der Waals surface area contributed by atoms with E-state index in [1.54, 1.807) is 6.92 Å². The summed E-state index contributed by atoms with van der Waals surface area (Å²) in [7, 11) is 0. The predicted molar refractivity (Wildman–Crippen MR) is 69.4 cm³/mol. The monoisotopic (exact) mass is 369 g/mol. The molecule has 17 heavy (non-hydrogen) atoms. The molecule has 0 fully saturated rings. The summed E-state index contributed by atoms with van der Waals surface area (Å²) in [6.45, 7) is 1.77. The molecule has 0 aliphatic rings. The zero-order valence-corrected chi connectivity index (χ0v) is 12.2. The molecular formula is C11H11Br2F2NO. The van der Waals surface area contributed by atoms with Crippen molar-refractivity contribution in [2.45, 2.75) is 19.4 Å². The van der Waals surface area contributed by atoms with Gasteiger partial charge in [0.05, 0.1) is 0 Å². The highest BCUT2D eigenvalue weighted by Gasteiger charge is 2.19. The van der Waals surface area contributed by atoms with E-state index in [1.165, 1.54) is 0 Å². The third-order valence-corrected chi connectivity index (χ3v) is 3.07. The molecule has 0 bridgehead atoms. The summed E-state index contributed by atoms with van der Waals surface area (Å²) >= 11 is 6.18. The van der Waals surface area contributed by atoms with Crippen molar-refractivity contribution in [2.75, 3.05) is 5.33 Å². The number of carbonyl (C=O) groups is 1. The Balaban J connectivity index is 2.89. The Bertz CT molecular complexity index is 403. The maximum Gasteiger partial charge on any atom is 0.257 e. The molecule has 0 aromatic heterocycles. The summed E-state index contributed by atoms with van der Waals surface area (Å²) in [6, 6.07) is 1.98. The Morgan fingerprint density at radius 3 is 2.41 bits per heavy atom. The lowest BCUT2D eigenvalue weighted by atomic mass is 10.1. The number of hydrogen-bond donors (Lipinski definition) is 1. The van der Waals surface area contributed by atoms with E-state index in [2.05, 4.69) is 37.2 Å². The highest BCUT2D eigenvalue weighted by Crippen LogP contribution is 2.19. The molecule has 2 nitrogen and oxygen atoms in total. The maximum atomic E-state index is 13.5. The number of alkyl halides is 1. The first-order chi connectivity index (χ1) is 7.95. The van der Waals surface area contributed by atoms with Gasteiger partial charge in [-0.1, -0.05) is 31.9 Å². The second-order valence-electron chi connectivity index (χ2n) is 3.60. The van der Waals surface area contributed by atoms with Crippen LogP contribution in [-0.4, -0.2) is 17.3 Å². The highest BCUT2D eigenvalue weighted by molar-refractivity contribution is 9.10. The highest BCUT2D eigenvalue weighted by atomic mass is 79.9. The van der Waals surface area contributed by atoms with Gasteiger partial charge < -0.3 is 5.32 Å². The Hall–Kier alpha value is -0.490. The molecule has 0 radical (unpaired) electrons. The van der Waals surface area contributed by atoms with Crippen LogP contribution < -0.4 is 5.32 Å². The minimum Gasteiger partial charge on any atom is -0.349 e. The molecular weight excluding hydrogens is 360 g/mol. The molecule has 1 aromatic carbocycles. The summed E-state index contributed by atoms with van der Waals surface area (Å²) in [6.07, 6.45) is 0.686. The minimum absolute atomic E-state index is 0.149. The van der Waals surface area contributed by atoms with Crippen LogP contribution in [0.2, 0.25) is 0 Å². The van der Waals surface area contributed by atoms with Crippen LogP contribution in [0.4, 0.5) is 8.78 Å². The zero-order valence-electron chi connectivity index (χ0n) is 9.07. The van der Waals surface area contributed by atoms with Crippen molar-refractivity contribution in [3.8, 4) is 0 Å². The van der Waals surface area contributed by atoms with Gasteiger partial charge in [-0.05, 0) is 25.5 Å². The third-order valence-electron chi connectivity index (χ3n) is 2.15. The fourth-order valence-corrected chi connectivity index (χ4v) is 2.38. The smallest absolute Gasteiger partial charge is 0.257 e. The Morgan fingerprint density at radius 1 is 1.41 bits per heavy atom. The molecule has 1 amide bonds. The second kappa shape index (κ2) is 6.44. The molecule has 0 spiro atoms. The molecule has 1 N–H and O–H groups in total.